The van der Waals surface area contributed by atoms with Crippen molar-refractivity contribution in [2.75, 3.05) is 26.2 Å². The Bertz CT molecular complexity index is 201. The van der Waals surface area contributed by atoms with Gasteiger partial charge in [0, 0.05) is 19.6 Å². The SMILES string of the molecule is CCOC(=O)[C@H]1CN(B(C)O)CCN1. The number of carbonyl (C=O) groups excluding carboxylic acids is 1. The van der Waals surface area contributed by atoms with Crippen molar-refractivity contribution in [3.63, 3.8) is 0 Å². The molecular weight excluding hydrogens is 183 g/mol. The number of esters is 1. The molecular formula is C8H17BN2O3. The quantitative estimate of drug-likeness (QED) is 0.448. The number of hydrogen-bond donors (Lipinski definition) is 2. The first-order chi connectivity index (χ1) is 6.65. The summed E-state index contributed by atoms with van der Waals surface area (Å²) in [6.45, 7) is 5.85. The molecule has 2 N–H and O–H groups in total. The molecule has 0 spiro atoms. The Balaban J connectivity index is 2.43. The van der Waals surface area contributed by atoms with Crippen molar-refractivity contribution >= 4 is 13.0 Å². The van der Waals surface area contributed by atoms with E-state index >= 15 is 0 Å². The lowest BCUT2D eigenvalue weighted by Gasteiger charge is -2.32. The Morgan fingerprint density at radius 2 is 2.50 bits per heavy atom. The molecule has 6 heteroatoms. The predicted molar refractivity (Wildman–Crippen MR) is 53.8 cm³/mol. The number of carbonyl (C=O) groups is 1. The standard InChI is InChI=1S/C8H17BN2O3/c1-3-14-8(12)7-6-11(9(2)13)5-4-10-7/h7,10,13H,3-6H2,1-2H3/t7-/m1/s1. The van der Waals surface area contributed by atoms with E-state index in [0.717, 1.165) is 6.54 Å². The Labute approximate surface area is 84.5 Å². The molecule has 1 saturated heterocycles. The zero-order valence-corrected chi connectivity index (χ0v) is 8.69. The summed E-state index contributed by atoms with van der Waals surface area (Å²) in [5.41, 5.74) is 0. The summed E-state index contributed by atoms with van der Waals surface area (Å²) in [5.74, 6) is -0.238. The van der Waals surface area contributed by atoms with E-state index in [1.807, 2.05) is 4.81 Å². The average molecular weight is 200 g/mol. The molecule has 0 aromatic rings. The number of rotatable bonds is 3. The van der Waals surface area contributed by atoms with Gasteiger partial charge in [0.1, 0.15) is 6.04 Å². The summed E-state index contributed by atoms with van der Waals surface area (Å²) in [5, 5.41) is 12.4. The Kier molecular flexibility index (Phi) is 4.38. The third-order valence-electron chi connectivity index (χ3n) is 2.31. The third-order valence-corrected chi connectivity index (χ3v) is 2.31. The maximum atomic E-state index is 11.4. The molecule has 1 heterocycles. The first kappa shape index (κ1) is 11.5. The lowest BCUT2D eigenvalue weighted by atomic mass is 9.83. The van der Waals surface area contributed by atoms with Gasteiger partial charge < -0.3 is 19.9 Å². The monoisotopic (exact) mass is 200 g/mol. The number of ether oxygens (including phenoxy) is 1. The van der Waals surface area contributed by atoms with Crippen LogP contribution in [0.3, 0.4) is 0 Å². The molecule has 80 valence electrons. The summed E-state index contributed by atoms with van der Waals surface area (Å²) < 4.78 is 4.90. The van der Waals surface area contributed by atoms with Gasteiger partial charge in [-0.05, 0) is 13.7 Å². The fourth-order valence-electron chi connectivity index (χ4n) is 1.51. The van der Waals surface area contributed by atoms with Gasteiger partial charge in [0.25, 0.3) is 0 Å². The Hall–Kier alpha value is -0.585. The fraction of sp³-hybridized carbons (Fsp3) is 0.875. The highest BCUT2D eigenvalue weighted by atomic mass is 16.5. The van der Waals surface area contributed by atoms with Gasteiger partial charge in [-0.15, -0.1) is 0 Å². The number of nitrogens with one attached hydrogen (secondary N) is 1. The van der Waals surface area contributed by atoms with Crippen molar-refractivity contribution in [3.05, 3.63) is 0 Å². The second-order valence-electron chi connectivity index (χ2n) is 3.39. The summed E-state index contributed by atoms with van der Waals surface area (Å²) in [7, 11) is -0.506. The predicted octanol–water partition coefficient (Wildman–Crippen LogP) is -1.07. The molecule has 0 saturated carbocycles. The van der Waals surface area contributed by atoms with Gasteiger partial charge in [0.05, 0.1) is 6.61 Å². The van der Waals surface area contributed by atoms with Crippen molar-refractivity contribution < 1.29 is 14.6 Å². The van der Waals surface area contributed by atoms with Gasteiger partial charge in [0.2, 0.25) is 0 Å². The minimum atomic E-state index is -0.506. The molecule has 0 unspecified atom stereocenters. The van der Waals surface area contributed by atoms with E-state index in [1.54, 1.807) is 13.7 Å². The van der Waals surface area contributed by atoms with E-state index in [2.05, 4.69) is 5.32 Å². The maximum Gasteiger partial charge on any atom is 0.376 e. The third kappa shape index (κ3) is 2.97. The topological polar surface area (TPSA) is 61.8 Å². The maximum absolute atomic E-state index is 11.4. The van der Waals surface area contributed by atoms with Crippen LogP contribution in [-0.2, 0) is 9.53 Å². The fourth-order valence-corrected chi connectivity index (χ4v) is 1.51. The molecule has 1 aliphatic heterocycles. The average Bonchev–Trinajstić information content (AvgIpc) is 2.18. The van der Waals surface area contributed by atoms with E-state index in [1.165, 1.54) is 0 Å². The smallest absolute Gasteiger partial charge is 0.376 e. The van der Waals surface area contributed by atoms with Crippen molar-refractivity contribution in [1.29, 1.82) is 0 Å². The van der Waals surface area contributed by atoms with Gasteiger partial charge in [-0.25, -0.2) is 0 Å². The lowest BCUT2D eigenvalue weighted by molar-refractivity contribution is -0.146. The molecule has 1 aliphatic rings. The zero-order chi connectivity index (χ0) is 10.6. The summed E-state index contributed by atoms with van der Waals surface area (Å²) >= 11 is 0. The van der Waals surface area contributed by atoms with Crippen LogP contribution in [-0.4, -0.2) is 55.1 Å². The van der Waals surface area contributed by atoms with Gasteiger partial charge in [-0.1, -0.05) is 0 Å². The minimum absolute atomic E-state index is 0.238. The van der Waals surface area contributed by atoms with Crippen LogP contribution in [0.25, 0.3) is 0 Å². The van der Waals surface area contributed by atoms with Crippen molar-refractivity contribution in [1.82, 2.24) is 10.1 Å². The first-order valence-corrected chi connectivity index (χ1v) is 4.97. The van der Waals surface area contributed by atoms with Gasteiger partial charge in [0.15, 0.2) is 0 Å². The van der Waals surface area contributed by atoms with Crippen molar-refractivity contribution in [3.8, 4) is 0 Å². The first-order valence-electron chi connectivity index (χ1n) is 4.97. The van der Waals surface area contributed by atoms with E-state index < -0.39 is 7.05 Å². The molecule has 0 amide bonds. The number of hydrogen-bond acceptors (Lipinski definition) is 5. The molecule has 0 bridgehead atoms. The number of piperazine rings is 1. The molecule has 1 rings (SSSR count). The van der Waals surface area contributed by atoms with Gasteiger partial charge >= 0.3 is 13.0 Å². The highest BCUT2D eigenvalue weighted by molar-refractivity contribution is 6.45. The summed E-state index contributed by atoms with van der Waals surface area (Å²) in [6, 6.07) is -0.307. The van der Waals surface area contributed by atoms with Crippen LogP contribution in [0.5, 0.6) is 0 Å². The zero-order valence-electron chi connectivity index (χ0n) is 8.69. The van der Waals surface area contributed by atoms with Crippen LogP contribution >= 0.6 is 0 Å². The van der Waals surface area contributed by atoms with Crippen molar-refractivity contribution in [2.45, 2.75) is 19.8 Å². The van der Waals surface area contributed by atoms with Crippen LogP contribution in [0.4, 0.5) is 0 Å². The van der Waals surface area contributed by atoms with Crippen molar-refractivity contribution in [2.24, 2.45) is 0 Å². The highest BCUT2D eigenvalue weighted by Gasteiger charge is 2.29. The van der Waals surface area contributed by atoms with E-state index in [0.29, 0.717) is 19.7 Å². The van der Waals surface area contributed by atoms with Gasteiger partial charge in [-0.3, -0.25) is 4.79 Å². The molecule has 0 aliphatic carbocycles. The highest BCUT2D eigenvalue weighted by Crippen LogP contribution is 2.02. The molecule has 0 aromatic carbocycles. The molecule has 14 heavy (non-hydrogen) atoms. The van der Waals surface area contributed by atoms with E-state index in [-0.39, 0.29) is 12.0 Å². The summed E-state index contributed by atoms with van der Waals surface area (Å²) in [6.07, 6.45) is 0. The number of nitrogens with zero attached hydrogens (tertiary/aromatic N) is 1. The van der Waals surface area contributed by atoms with E-state index in [9.17, 15) is 9.82 Å². The van der Waals surface area contributed by atoms with Crippen LogP contribution < -0.4 is 5.32 Å². The van der Waals surface area contributed by atoms with E-state index in [4.69, 9.17) is 4.74 Å². The van der Waals surface area contributed by atoms with Crippen LogP contribution in [0.2, 0.25) is 6.82 Å². The largest absolute Gasteiger partial charge is 0.465 e. The second kappa shape index (κ2) is 5.33. The molecule has 5 nitrogen and oxygen atoms in total. The normalized spacial score (nSPS) is 23.2. The van der Waals surface area contributed by atoms with Crippen LogP contribution in [0, 0.1) is 0 Å². The van der Waals surface area contributed by atoms with Crippen LogP contribution in [0.15, 0.2) is 0 Å². The lowest BCUT2D eigenvalue weighted by Crippen LogP contribution is -2.58. The molecule has 1 atom stereocenters. The minimum Gasteiger partial charge on any atom is -0.465 e. The molecule has 0 aromatic heterocycles. The summed E-state index contributed by atoms with van der Waals surface area (Å²) in [4.78, 5) is 13.2. The van der Waals surface area contributed by atoms with Gasteiger partial charge in [-0.2, -0.15) is 0 Å². The second-order valence-corrected chi connectivity index (χ2v) is 3.39. The molecule has 0 radical (unpaired) electrons. The Morgan fingerprint density at radius 3 is 3.07 bits per heavy atom. The van der Waals surface area contributed by atoms with Crippen LogP contribution in [0.1, 0.15) is 6.92 Å². The Morgan fingerprint density at radius 1 is 1.79 bits per heavy atom. The molecule has 1 fully saturated rings.